The highest BCUT2D eigenvalue weighted by Gasteiger charge is 2.02. The fraction of sp³-hybridized carbons (Fsp3) is 0.500. The van der Waals surface area contributed by atoms with E-state index in [2.05, 4.69) is 0 Å². The molecule has 0 bridgehead atoms. The van der Waals surface area contributed by atoms with Crippen LogP contribution in [0.15, 0.2) is 0 Å². The van der Waals surface area contributed by atoms with E-state index in [-0.39, 0.29) is 5.88 Å². The van der Waals surface area contributed by atoms with Crippen LogP contribution in [0.1, 0.15) is 0 Å². The molecule has 2 amide bonds. The Morgan fingerprint density at radius 3 is 2.33 bits per heavy atom. The summed E-state index contributed by atoms with van der Waals surface area (Å²) in [5, 5.41) is 9.89. The molecule has 0 rings (SSSR count). The fourth-order valence-corrected chi connectivity index (χ4v) is 0.295. The van der Waals surface area contributed by atoms with E-state index in [4.69, 9.17) is 16.7 Å². The maximum absolute atomic E-state index is 10.2. The lowest BCUT2D eigenvalue weighted by atomic mass is 10.6. The molecule has 0 aliphatic carbocycles. The number of halogens is 1. The van der Waals surface area contributed by atoms with Gasteiger partial charge in [0.1, 0.15) is 12.5 Å². The van der Waals surface area contributed by atoms with Gasteiger partial charge in [0, 0.05) is 0 Å². The number of hydrogen-bond acceptors (Lipinski definition) is 3. The number of aliphatic hydroxyl groups is 1. The lowest BCUT2D eigenvalue weighted by Gasteiger charge is -1.94. The number of hydrogen-bond donors (Lipinski definition) is 2. The Balaban J connectivity index is 3.47. The molecule has 0 aliphatic heterocycles. The lowest BCUT2D eigenvalue weighted by molar-refractivity contribution is -0.130. The number of carbonyl (C=O) groups is 2. The quantitative estimate of drug-likeness (QED) is 0.491. The van der Waals surface area contributed by atoms with Crippen LogP contribution in [-0.4, -0.2) is 29.4 Å². The summed E-state index contributed by atoms with van der Waals surface area (Å²) in [6, 6.07) is 0. The molecule has 5 heteroatoms. The zero-order valence-corrected chi connectivity index (χ0v) is 5.31. The SMILES string of the molecule is O=C(CO)NC(=O)CCl. The van der Waals surface area contributed by atoms with E-state index in [0.29, 0.717) is 0 Å². The summed E-state index contributed by atoms with van der Waals surface area (Å²) in [5.74, 6) is -1.61. The second-order valence-electron chi connectivity index (χ2n) is 1.26. The van der Waals surface area contributed by atoms with Crippen LogP contribution in [0.5, 0.6) is 0 Å². The summed E-state index contributed by atoms with van der Waals surface area (Å²) in [4.78, 5) is 20.3. The zero-order valence-electron chi connectivity index (χ0n) is 4.56. The van der Waals surface area contributed by atoms with Crippen molar-refractivity contribution in [3.63, 3.8) is 0 Å². The van der Waals surface area contributed by atoms with Gasteiger partial charge in [-0.15, -0.1) is 11.6 Å². The van der Waals surface area contributed by atoms with E-state index in [1.807, 2.05) is 5.32 Å². The third kappa shape index (κ3) is 3.93. The molecule has 0 saturated heterocycles. The Hall–Kier alpha value is -0.610. The van der Waals surface area contributed by atoms with Crippen LogP contribution in [0.2, 0.25) is 0 Å². The van der Waals surface area contributed by atoms with E-state index in [1.165, 1.54) is 0 Å². The molecule has 0 aromatic rings. The molecule has 52 valence electrons. The van der Waals surface area contributed by atoms with E-state index in [0.717, 1.165) is 0 Å². The topological polar surface area (TPSA) is 66.4 Å². The summed E-state index contributed by atoms with van der Waals surface area (Å²) in [5.41, 5.74) is 0. The maximum Gasteiger partial charge on any atom is 0.252 e. The number of amides is 2. The maximum atomic E-state index is 10.2. The number of aliphatic hydroxyl groups excluding tert-OH is 1. The molecule has 4 nitrogen and oxygen atoms in total. The average Bonchev–Trinajstić information content (AvgIpc) is 1.87. The second kappa shape index (κ2) is 4.29. The van der Waals surface area contributed by atoms with Crippen LogP contribution >= 0.6 is 11.6 Å². The minimum Gasteiger partial charge on any atom is -0.387 e. The number of nitrogens with one attached hydrogen (secondary N) is 1. The van der Waals surface area contributed by atoms with Crippen LogP contribution in [0.25, 0.3) is 0 Å². The minimum atomic E-state index is -0.736. The normalized spacial score (nSPS) is 8.67. The first kappa shape index (κ1) is 8.39. The highest BCUT2D eigenvalue weighted by atomic mass is 35.5. The van der Waals surface area contributed by atoms with Crippen molar-refractivity contribution in [3.05, 3.63) is 0 Å². The van der Waals surface area contributed by atoms with E-state index in [1.54, 1.807) is 0 Å². The van der Waals surface area contributed by atoms with Crippen molar-refractivity contribution in [1.29, 1.82) is 0 Å². The Morgan fingerprint density at radius 2 is 2.00 bits per heavy atom. The predicted molar refractivity (Wildman–Crippen MR) is 31.0 cm³/mol. The predicted octanol–water partition coefficient (Wildman–Crippen LogP) is -1.14. The third-order valence-electron chi connectivity index (χ3n) is 0.544. The molecule has 0 radical (unpaired) electrons. The summed E-state index contributed by atoms with van der Waals surface area (Å²) in [7, 11) is 0. The number of alkyl halides is 1. The molecule has 0 heterocycles. The molecule has 9 heavy (non-hydrogen) atoms. The van der Waals surface area contributed by atoms with Gasteiger partial charge in [0.15, 0.2) is 0 Å². The molecule has 0 aromatic heterocycles. The smallest absolute Gasteiger partial charge is 0.252 e. The number of imide groups is 1. The lowest BCUT2D eigenvalue weighted by Crippen LogP contribution is -2.33. The third-order valence-corrected chi connectivity index (χ3v) is 0.787. The molecule has 0 aromatic carbocycles. The van der Waals surface area contributed by atoms with E-state index < -0.39 is 18.4 Å². The minimum absolute atomic E-state index is 0.272. The molecule has 2 N–H and O–H groups in total. The summed E-state index contributed by atoms with van der Waals surface area (Å²) < 4.78 is 0. The van der Waals surface area contributed by atoms with Gasteiger partial charge in [-0.1, -0.05) is 0 Å². The Kier molecular flexibility index (Phi) is 4.00. The first-order chi connectivity index (χ1) is 4.20. The summed E-state index contributed by atoms with van der Waals surface area (Å²) >= 11 is 5.01. The average molecular weight is 152 g/mol. The highest BCUT2D eigenvalue weighted by Crippen LogP contribution is 1.73. The summed E-state index contributed by atoms with van der Waals surface area (Å²) in [6.07, 6.45) is 0. The first-order valence-electron chi connectivity index (χ1n) is 2.20. The molecule has 0 spiro atoms. The van der Waals surface area contributed by atoms with Gasteiger partial charge in [-0.3, -0.25) is 14.9 Å². The van der Waals surface area contributed by atoms with Gasteiger partial charge in [-0.25, -0.2) is 0 Å². The molecule has 0 unspecified atom stereocenters. The standard InChI is InChI=1S/C4H6ClNO3/c5-1-3(8)6-4(9)2-7/h7H,1-2H2,(H,6,8,9). The second-order valence-corrected chi connectivity index (χ2v) is 1.53. The van der Waals surface area contributed by atoms with Crippen molar-refractivity contribution in [3.8, 4) is 0 Å². The first-order valence-corrected chi connectivity index (χ1v) is 2.73. The Bertz CT molecular complexity index is 111. The van der Waals surface area contributed by atoms with Gasteiger partial charge >= 0.3 is 0 Å². The van der Waals surface area contributed by atoms with Crippen molar-refractivity contribution in [2.45, 2.75) is 0 Å². The summed E-state index contributed by atoms with van der Waals surface area (Å²) in [6.45, 7) is -0.692. The number of rotatable bonds is 2. The highest BCUT2D eigenvalue weighted by molar-refractivity contribution is 6.28. The molecular formula is C4H6ClNO3. The number of carbonyl (C=O) groups excluding carboxylic acids is 2. The largest absolute Gasteiger partial charge is 0.387 e. The van der Waals surface area contributed by atoms with Crippen molar-refractivity contribution in [2.24, 2.45) is 0 Å². The monoisotopic (exact) mass is 151 g/mol. The molecule has 0 aliphatic rings. The Morgan fingerprint density at radius 1 is 1.44 bits per heavy atom. The van der Waals surface area contributed by atoms with Crippen LogP contribution in [0.3, 0.4) is 0 Å². The van der Waals surface area contributed by atoms with E-state index in [9.17, 15) is 9.59 Å². The van der Waals surface area contributed by atoms with Crippen molar-refractivity contribution < 1.29 is 14.7 Å². The van der Waals surface area contributed by atoms with Gasteiger partial charge in [-0.05, 0) is 0 Å². The fourth-order valence-electron chi connectivity index (χ4n) is 0.228. The van der Waals surface area contributed by atoms with Crippen LogP contribution in [-0.2, 0) is 9.59 Å². The van der Waals surface area contributed by atoms with Crippen molar-refractivity contribution in [2.75, 3.05) is 12.5 Å². The van der Waals surface area contributed by atoms with Gasteiger partial charge in [-0.2, -0.15) is 0 Å². The van der Waals surface area contributed by atoms with Gasteiger partial charge < -0.3 is 5.11 Å². The van der Waals surface area contributed by atoms with Crippen molar-refractivity contribution >= 4 is 23.4 Å². The van der Waals surface area contributed by atoms with E-state index >= 15 is 0 Å². The van der Waals surface area contributed by atoms with Crippen molar-refractivity contribution in [1.82, 2.24) is 5.32 Å². The van der Waals surface area contributed by atoms with Gasteiger partial charge in [0.05, 0.1) is 0 Å². The molecule has 0 fully saturated rings. The zero-order chi connectivity index (χ0) is 7.28. The van der Waals surface area contributed by atoms with Gasteiger partial charge in [0.25, 0.3) is 5.91 Å². The molecular weight excluding hydrogens is 146 g/mol. The molecule has 0 saturated carbocycles. The van der Waals surface area contributed by atoms with Gasteiger partial charge in [0.2, 0.25) is 5.91 Å². The van der Waals surface area contributed by atoms with Crippen LogP contribution in [0, 0.1) is 0 Å². The van der Waals surface area contributed by atoms with Crippen LogP contribution in [0.4, 0.5) is 0 Å². The Labute approximate surface area is 56.8 Å². The van der Waals surface area contributed by atoms with Crippen LogP contribution < -0.4 is 5.32 Å². The molecule has 0 atom stereocenters.